The molecule has 2 heterocycles. The fourth-order valence-corrected chi connectivity index (χ4v) is 11.1. The molecule has 4 aromatic rings. The molecule has 1 unspecified atom stereocenters. The third-order valence-electron chi connectivity index (χ3n) is 11.6. The molecule has 274 valence electrons. The number of nitrogens with one attached hydrogen (secondary N) is 4. The molecule has 14 heteroatoms. The highest BCUT2D eigenvalue weighted by atomic mass is 32.2. The number of pyridine rings is 2. The molecule has 2 aromatic heterocycles. The van der Waals surface area contributed by atoms with Gasteiger partial charge in [0.15, 0.2) is 5.03 Å². The van der Waals surface area contributed by atoms with Crippen LogP contribution in [0.2, 0.25) is 0 Å². The SMILES string of the molecule is O=C(Nc1c2c(cc3c1CCC3c1ccnc(S(=O)(=O)NC(=O)Nc3c4c(cc5c3CCC5)CCC4)c1)CCC2)NS(=O)(=O)c1cnc2c(c1)CCC2. The number of amides is 4. The highest BCUT2D eigenvalue weighted by Crippen LogP contribution is 2.46. The van der Waals surface area contributed by atoms with Gasteiger partial charge in [-0.25, -0.2) is 32.4 Å². The first-order valence-corrected chi connectivity index (χ1v) is 21.5. The normalized spacial score (nSPS) is 18.2. The molecule has 2 aromatic carbocycles. The van der Waals surface area contributed by atoms with E-state index in [1.807, 2.05) is 0 Å². The first kappa shape index (κ1) is 34.0. The Morgan fingerprint density at radius 2 is 1.19 bits per heavy atom. The second kappa shape index (κ2) is 12.9. The molecule has 9 rings (SSSR count). The highest BCUT2D eigenvalue weighted by Gasteiger charge is 2.33. The van der Waals surface area contributed by atoms with Crippen LogP contribution in [0.25, 0.3) is 0 Å². The lowest BCUT2D eigenvalue weighted by molar-refractivity contribution is 0.255. The van der Waals surface area contributed by atoms with Crippen molar-refractivity contribution < 1.29 is 26.4 Å². The second-order valence-electron chi connectivity index (χ2n) is 14.8. The van der Waals surface area contributed by atoms with Crippen molar-refractivity contribution in [3.05, 3.63) is 104 Å². The molecule has 0 bridgehead atoms. The van der Waals surface area contributed by atoms with Crippen LogP contribution in [-0.4, -0.2) is 38.9 Å². The van der Waals surface area contributed by atoms with E-state index < -0.39 is 32.1 Å². The van der Waals surface area contributed by atoms with Gasteiger partial charge in [-0.05, 0) is 164 Å². The number of hydrogen-bond donors (Lipinski definition) is 4. The van der Waals surface area contributed by atoms with E-state index in [1.165, 1.54) is 29.6 Å². The Morgan fingerprint density at radius 3 is 1.87 bits per heavy atom. The van der Waals surface area contributed by atoms with E-state index in [1.54, 1.807) is 12.1 Å². The molecule has 4 amide bonds. The number of aromatic nitrogens is 2. The van der Waals surface area contributed by atoms with Gasteiger partial charge >= 0.3 is 12.1 Å². The van der Waals surface area contributed by atoms with E-state index in [-0.39, 0.29) is 15.8 Å². The quantitative estimate of drug-likeness (QED) is 0.191. The number of carbonyl (C=O) groups excluding carboxylic acids is 2. The average molecular weight is 753 g/mol. The standard InChI is InChI=1S/C39H40N6O6S2/c46-38(44-52(48,49)27-18-26-8-4-12-34(26)41-21-27)43-37-31-11-3-7-24(31)19-33-28(13-14-32(33)37)25-15-16-40-35(20-25)53(50,51)45-39(47)42-36-29-9-1-5-22(29)17-23-6-2-10-30(23)36/h15-21,28H,1-14H2,(H2,42,45,47)(H2,43,44,46). The van der Waals surface area contributed by atoms with Crippen LogP contribution in [0.5, 0.6) is 0 Å². The Kier molecular flexibility index (Phi) is 8.30. The number of benzene rings is 2. The molecule has 0 aliphatic heterocycles. The summed E-state index contributed by atoms with van der Waals surface area (Å²) in [6, 6.07) is 7.63. The first-order chi connectivity index (χ1) is 25.5. The molecule has 1 atom stereocenters. The summed E-state index contributed by atoms with van der Waals surface area (Å²) in [5, 5.41) is 5.52. The Bertz CT molecular complexity index is 2430. The number of sulfonamides is 2. The summed E-state index contributed by atoms with van der Waals surface area (Å²) in [7, 11) is -8.47. The van der Waals surface area contributed by atoms with Gasteiger partial charge in [0.25, 0.3) is 20.0 Å². The smallest absolute Gasteiger partial charge is 0.307 e. The molecule has 12 nitrogen and oxygen atoms in total. The van der Waals surface area contributed by atoms with Crippen LogP contribution in [0, 0.1) is 0 Å². The Balaban J connectivity index is 0.949. The van der Waals surface area contributed by atoms with Crippen LogP contribution < -0.4 is 20.1 Å². The minimum atomic E-state index is -4.31. The lowest BCUT2D eigenvalue weighted by atomic mass is 9.91. The predicted octanol–water partition coefficient (Wildman–Crippen LogP) is 5.53. The molecule has 0 saturated carbocycles. The maximum Gasteiger partial charge on any atom is 0.333 e. The fourth-order valence-electron chi connectivity index (χ4n) is 9.28. The maximum absolute atomic E-state index is 13.6. The molecular formula is C39H40N6O6S2. The zero-order valence-corrected chi connectivity index (χ0v) is 30.8. The number of urea groups is 2. The Labute approximate surface area is 308 Å². The van der Waals surface area contributed by atoms with Crippen molar-refractivity contribution >= 4 is 43.5 Å². The number of aryl methyl sites for hydroxylation is 5. The maximum atomic E-state index is 13.6. The molecule has 5 aliphatic rings. The van der Waals surface area contributed by atoms with Gasteiger partial charge < -0.3 is 10.6 Å². The van der Waals surface area contributed by atoms with Gasteiger partial charge in [-0.15, -0.1) is 0 Å². The minimum absolute atomic E-state index is 0.0422. The second-order valence-corrected chi connectivity index (χ2v) is 18.1. The van der Waals surface area contributed by atoms with Crippen molar-refractivity contribution in [3.63, 3.8) is 0 Å². The van der Waals surface area contributed by atoms with Gasteiger partial charge in [0.05, 0.1) is 0 Å². The lowest BCUT2D eigenvalue weighted by Gasteiger charge is -2.19. The van der Waals surface area contributed by atoms with Crippen LogP contribution in [0.1, 0.15) is 99.4 Å². The summed E-state index contributed by atoms with van der Waals surface area (Å²) < 4.78 is 57.9. The summed E-state index contributed by atoms with van der Waals surface area (Å²) in [5.74, 6) is -0.194. The average Bonchev–Trinajstić information content (AvgIpc) is 3.97. The molecule has 0 saturated heterocycles. The third-order valence-corrected chi connectivity index (χ3v) is 14.2. The van der Waals surface area contributed by atoms with Crippen LogP contribution >= 0.6 is 0 Å². The van der Waals surface area contributed by atoms with Crippen molar-refractivity contribution in [1.29, 1.82) is 0 Å². The summed E-state index contributed by atoms with van der Waals surface area (Å²) in [4.78, 5) is 35.0. The fraction of sp³-hybridized carbons (Fsp3) is 0.385. The summed E-state index contributed by atoms with van der Waals surface area (Å²) >= 11 is 0. The molecule has 0 fully saturated rings. The molecule has 4 N–H and O–H groups in total. The topological polar surface area (TPSA) is 176 Å². The van der Waals surface area contributed by atoms with Crippen molar-refractivity contribution in [3.8, 4) is 0 Å². The molecular weight excluding hydrogens is 713 g/mol. The highest BCUT2D eigenvalue weighted by molar-refractivity contribution is 7.90. The van der Waals surface area contributed by atoms with Crippen molar-refractivity contribution in [2.45, 2.75) is 106 Å². The van der Waals surface area contributed by atoms with Gasteiger partial charge in [0.2, 0.25) is 0 Å². The summed E-state index contributed by atoms with van der Waals surface area (Å²) in [5.41, 5.74) is 12.5. The monoisotopic (exact) mass is 752 g/mol. The van der Waals surface area contributed by atoms with E-state index in [0.29, 0.717) is 18.5 Å². The van der Waals surface area contributed by atoms with E-state index in [9.17, 15) is 26.4 Å². The predicted molar refractivity (Wildman–Crippen MR) is 198 cm³/mol. The number of carbonyl (C=O) groups is 2. The molecule has 5 aliphatic carbocycles. The van der Waals surface area contributed by atoms with Gasteiger partial charge in [0, 0.05) is 35.4 Å². The summed E-state index contributed by atoms with van der Waals surface area (Å²) in [6.07, 6.45) is 14.6. The molecule has 0 spiro atoms. The lowest BCUT2D eigenvalue weighted by Crippen LogP contribution is -2.35. The van der Waals surface area contributed by atoms with E-state index in [2.05, 4.69) is 42.2 Å². The number of nitrogens with zero attached hydrogens (tertiary/aromatic N) is 2. The first-order valence-electron chi connectivity index (χ1n) is 18.5. The van der Waals surface area contributed by atoms with Gasteiger partial charge in [-0.2, -0.15) is 8.42 Å². The van der Waals surface area contributed by atoms with Crippen LogP contribution in [0.15, 0.2) is 52.6 Å². The van der Waals surface area contributed by atoms with E-state index in [0.717, 1.165) is 133 Å². The van der Waals surface area contributed by atoms with Gasteiger partial charge in [0.1, 0.15) is 4.90 Å². The van der Waals surface area contributed by atoms with Crippen molar-refractivity contribution in [2.24, 2.45) is 0 Å². The number of rotatable bonds is 7. The zero-order chi connectivity index (χ0) is 36.5. The summed E-state index contributed by atoms with van der Waals surface area (Å²) in [6.45, 7) is 0. The number of anilines is 2. The van der Waals surface area contributed by atoms with Crippen LogP contribution in [0.3, 0.4) is 0 Å². The Morgan fingerprint density at radius 1 is 0.604 bits per heavy atom. The molecule has 53 heavy (non-hydrogen) atoms. The largest absolute Gasteiger partial charge is 0.333 e. The van der Waals surface area contributed by atoms with Crippen LogP contribution in [0.4, 0.5) is 21.0 Å². The van der Waals surface area contributed by atoms with Crippen LogP contribution in [-0.2, 0) is 77.8 Å². The third kappa shape index (κ3) is 6.15. The van der Waals surface area contributed by atoms with Gasteiger partial charge in [-0.3, -0.25) is 4.98 Å². The van der Waals surface area contributed by atoms with Crippen molar-refractivity contribution in [1.82, 2.24) is 19.4 Å². The zero-order valence-electron chi connectivity index (χ0n) is 29.2. The number of hydrogen-bond acceptors (Lipinski definition) is 8. The minimum Gasteiger partial charge on any atom is -0.307 e. The van der Waals surface area contributed by atoms with E-state index >= 15 is 0 Å². The van der Waals surface area contributed by atoms with Crippen molar-refractivity contribution in [2.75, 3.05) is 10.6 Å². The van der Waals surface area contributed by atoms with Gasteiger partial charge in [-0.1, -0.05) is 12.1 Å². The molecule has 0 radical (unpaired) electrons. The Hall–Kier alpha value is -4.82. The van der Waals surface area contributed by atoms with E-state index in [4.69, 9.17) is 0 Å². The number of fused-ring (bicyclic) bond motifs is 5.